The summed E-state index contributed by atoms with van der Waals surface area (Å²) in [5.74, 6) is -0.928. The van der Waals surface area contributed by atoms with E-state index in [4.69, 9.17) is 0 Å². The van der Waals surface area contributed by atoms with Crippen molar-refractivity contribution in [1.29, 1.82) is 0 Å². The largest absolute Gasteiger partial charge is 0.573 e. The number of hydrogen-bond donors (Lipinski definition) is 2. The highest BCUT2D eigenvalue weighted by Gasteiger charge is 2.30. The highest BCUT2D eigenvalue weighted by Crippen LogP contribution is 2.23. The average molecular weight is 459 g/mol. The lowest BCUT2D eigenvalue weighted by Gasteiger charge is -2.10. The van der Waals surface area contributed by atoms with Crippen molar-refractivity contribution < 1.29 is 27.5 Å². The summed E-state index contributed by atoms with van der Waals surface area (Å²) in [6, 6.07) is 10.6. The molecular weight excluding hydrogens is 441 g/mol. The molecule has 0 radical (unpaired) electrons. The number of aryl methyl sites for hydroxylation is 1. The Hall–Kier alpha value is -2.55. The Morgan fingerprint density at radius 1 is 1.07 bits per heavy atom. The van der Waals surface area contributed by atoms with Crippen LogP contribution in [0, 0.1) is 6.92 Å². The minimum Gasteiger partial charge on any atom is -0.406 e. The van der Waals surface area contributed by atoms with E-state index in [1.54, 1.807) is 6.07 Å². The van der Waals surface area contributed by atoms with Gasteiger partial charge < -0.3 is 15.4 Å². The van der Waals surface area contributed by atoms with Crippen molar-refractivity contribution in [3.05, 3.63) is 58.1 Å². The fourth-order valence-electron chi connectivity index (χ4n) is 2.31. The third-order valence-electron chi connectivity index (χ3n) is 3.67. The van der Waals surface area contributed by atoms with Gasteiger partial charge in [-0.15, -0.1) is 13.2 Å². The summed E-state index contributed by atoms with van der Waals surface area (Å²) < 4.78 is 41.0. The number of alkyl halides is 3. The van der Waals surface area contributed by atoms with E-state index in [9.17, 15) is 22.8 Å². The molecule has 0 aliphatic carbocycles. The number of anilines is 1. The maximum atomic E-state index is 12.1. The van der Waals surface area contributed by atoms with E-state index in [-0.39, 0.29) is 37.0 Å². The van der Waals surface area contributed by atoms with Crippen LogP contribution in [0.4, 0.5) is 18.9 Å². The van der Waals surface area contributed by atoms with Crippen LogP contribution in [0.5, 0.6) is 5.75 Å². The molecule has 0 saturated carbocycles. The van der Waals surface area contributed by atoms with Crippen molar-refractivity contribution in [2.75, 3.05) is 11.9 Å². The third kappa shape index (κ3) is 7.59. The van der Waals surface area contributed by atoms with Crippen LogP contribution < -0.4 is 15.4 Å². The molecule has 2 rings (SSSR count). The number of ether oxygens (including phenoxy) is 1. The second-order valence-electron chi connectivity index (χ2n) is 5.98. The second-order valence-corrected chi connectivity index (χ2v) is 6.89. The molecule has 28 heavy (non-hydrogen) atoms. The normalized spacial score (nSPS) is 11.0. The summed E-state index contributed by atoms with van der Waals surface area (Å²) in [7, 11) is 0. The Labute approximate surface area is 168 Å². The third-order valence-corrected chi connectivity index (χ3v) is 4.16. The van der Waals surface area contributed by atoms with Crippen molar-refractivity contribution in [1.82, 2.24) is 5.32 Å². The van der Waals surface area contributed by atoms with Crippen molar-refractivity contribution in [2.24, 2.45) is 0 Å². The number of rotatable bonds is 7. The number of amides is 2. The highest BCUT2D eigenvalue weighted by molar-refractivity contribution is 9.10. The van der Waals surface area contributed by atoms with E-state index >= 15 is 0 Å². The molecule has 0 fully saturated rings. The van der Waals surface area contributed by atoms with Gasteiger partial charge in [0.1, 0.15) is 5.75 Å². The van der Waals surface area contributed by atoms with Crippen LogP contribution in [0.2, 0.25) is 0 Å². The molecule has 0 aliphatic heterocycles. The lowest BCUT2D eigenvalue weighted by Crippen LogP contribution is -2.29. The lowest BCUT2D eigenvalue weighted by molar-refractivity contribution is -0.274. The molecule has 2 aromatic carbocycles. The molecule has 2 N–H and O–H groups in total. The molecular formula is C19H18BrF3N2O3. The minimum atomic E-state index is -4.76. The van der Waals surface area contributed by atoms with E-state index in [1.165, 1.54) is 12.1 Å². The minimum absolute atomic E-state index is 0.0152. The number of halogens is 4. The first-order valence-electron chi connectivity index (χ1n) is 8.30. The molecule has 0 bridgehead atoms. The van der Waals surface area contributed by atoms with Gasteiger partial charge in [0, 0.05) is 23.1 Å². The first kappa shape index (κ1) is 21.7. The van der Waals surface area contributed by atoms with Crippen LogP contribution in [0.15, 0.2) is 46.9 Å². The van der Waals surface area contributed by atoms with E-state index < -0.39 is 6.36 Å². The zero-order chi connectivity index (χ0) is 20.7. The number of nitrogens with one attached hydrogen (secondary N) is 2. The first-order valence-corrected chi connectivity index (χ1v) is 9.09. The van der Waals surface area contributed by atoms with Crippen molar-refractivity contribution in [2.45, 2.75) is 26.1 Å². The molecule has 2 aromatic rings. The van der Waals surface area contributed by atoms with Gasteiger partial charge >= 0.3 is 6.36 Å². The number of carbonyl (C=O) groups excluding carboxylic acids is 2. The predicted molar refractivity (Wildman–Crippen MR) is 102 cm³/mol. The molecule has 5 nitrogen and oxygen atoms in total. The van der Waals surface area contributed by atoms with Gasteiger partial charge in [0.05, 0.1) is 6.42 Å². The molecule has 150 valence electrons. The molecule has 0 heterocycles. The molecule has 0 aromatic heterocycles. The van der Waals surface area contributed by atoms with Crippen LogP contribution in [-0.4, -0.2) is 24.7 Å². The summed E-state index contributed by atoms with van der Waals surface area (Å²) in [5.41, 5.74) is 2.13. The number of benzene rings is 2. The monoisotopic (exact) mass is 458 g/mol. The molecule has 0 saturated heterocycles. The van der Waals surface area contributed by atoms with Gasteiger partial charge in [-0.25, -0.2) is 0 Å². The van der Waals surface area contributed by atoms with E-state index in [0.717, 1.165) is 22.2 Å². The molecule has 0 aliphatic rings. The Kier molecular flexibility index (Phi) is 7.45. The van der Waals surface area contributed by atoms with Crippen LogP contribution in [0.3, 0.4) is 0 Å². The smallest absolute Gasteiger partial charge is 0.406 e. The van der Waals surface area contributed by atoms with Gasteiger partial charge in [0.15, 0.2) is 0 Å². The Morgan fingerprint density at radius 2 is 1.75 bits per heavy atom. The second kappa shape index (κ2) is 9.59. The van der Waals surface area contributed by atoms with Gasteiger partial charge in [-0.2, -0.15) is 0 Å². The van der Waals surface area contributed by atoms with Gasteiger partial charge in [-0.3, -0.25) is 9.59 Å². The lowest BCUT2D eigenvalue weighted by atomic mass is 10.1. The zero-order valence-electron chi connectivity index (χ0n) is 14.9. The van der Waals surface area contributed by atoms with Gasteiger partial charge in [-0.1, -0.05) is 34.1 Å². The van der Waals surface area contributed by atoms with Crippen LogP contribution in [0.1, 0.15) is 17.5 Å². The summed E-state index contributed by atoms with van der Waals surface area (Å²) in [6.07, 6.45) is -4.68. The summed E-state index contributed by atoms with van der Waals surface area (Å²) in [5, 5.41) is 5.38. The van der Waals surface area contributed by atoms with Crippen LogP contribution in [-0.2, 0) is 16.0 Å². The van der Waals surface area contributed by atoms with Crippen LogP contribution >= 0.6 is 15.9 Å². The van der Waals surface area contributed by atoms with E-state index in [2.05, 4.69) is 31.3 Å². The first-order chi connectivity index (χ1) is 13.1. The molecule has 2 amide bonds. The number of carbonyl (C=O) groups is 2. The van der Waals surface area contributed by atoms with Gasteiger partial charge in [-0.05, 0) is 42.3 Å². The zero-order valence-corrected chi connectivity index (χ0v) is 16.5. The van der Waals surface area contributed by atoms with Crippen molar-refractivity contribution >= 4 is 33.4 Å². The number of hydrogen-bond acceptors (Lipinski definition) is 3. The van der Waals surface area contributed by atoms with Gasteiger partial charge in [0.2, 0.25) is 11.8 Å². The Morgan fingerprint density at radius 3 is 2.39 bits per heavy atom. The summed E-state index contributed by atoms with van der Waals surface area (Å²) in [6.45, 7) is 2.02. The highest BCUT2D eigenvalue weighted by atomic mass is 79.9. The van der Waals surface area contributed by atoms with Gasteiger partial charge in [0.25, 0.3) is 0 Å². The fourth-order valence-corrected chi connectivity index (χ4v) is 2.68. The molecule has 0 spiro atoms. The quantitative estimate of drug-likeness (QED) is 0.648. The SMILES string of the molecule is Cc1ccc(Br)cc1NC(=O)CCNC(=O)Cc1ccc(OC(F)(F)F)cc1. The Balaban J connectivity index is 1.75. The maximum Gasteiger partial charge on any atom is 0.573 e. The van der Waals surface area contributed by atoms with E-state index in [0.29, 0.717) is 11.3 Å². The van der Waals surface area contributed by atoms with Crippen molar-refractivity contribution in [3.8, 4) is 5.75 Å². The average Bonchev–Trinajstić information content (AvgIpc) is 2.58. The molecule has 9 heteroatoms. The predicted octanol–water partition coefficient (Wildman–Crippen LogP) is 4.34. The summed E-state index contributed by atoms with van der Waals surface area (Å²) in [4.78, 5) is 23.9. The summed E-state index contributed by atoms with van der Waals surface area (Å²) >= 11 is 3.34. The van der Waals surface area contributed by atoms with Crippen molar-refractivity contribution in [3.63, 3.8) is 0 Å². The fraction of sp³-hybridized carbons (Fsp3) is 0.263. The van der Waals surface area contributed by atoms with E-state index in [1.807, 2.05) is 19.1 Å². The standard InChI is InChI=1S/C19H18BrF3N2O3/c1-12-2-5-14(20)11-16(12)25-17(26)8-9-24-18(27)10-13-3-6-15(7-4-13)28-19(21,22)23/h2-7,11H,8-10H2,1H3,(H,24,27)(H,25,26). The molecule has 0 unspecified atom stereocenters. The van der Waals surface area contributed by atoms with Crippen LogP contribution in [0.25, 0.3) is 0 Å². The molecule has 0 atom stereocenters. The maximum absolute atomic E-state index is 12.1. The Bertz CT molecular complexity index is 839. The topological polar surface area (TPSA) is 67.4 Å².